The number of aliphatic carboxylic acids is 2. The molecule has 2 N–H and O–H groups in total. The van der Waals surface area contributed by atoms with E-state index in [4.69, 9.17) is 10.2 Å². The van der Waals surface area contributed by atoms with E-state index in [2.05, 4.69) is 0 Å². The van der Waals surface area contributed by atoms with Crippen LogP contribution in [0.1, 0.15) is 77.0 Å². The summed E-state index contributed by atoms with van der Waals surface area (Å²) in [5, 5.41) is 16.9. The van der Waals surface area contributed by atoms with E-state index in [0.717, 1.165) is 25.7 Å². The molecule has 0 radical (unpaired) electrons. The molecule has 2 saturated carbocycles. The standard InChI is InChI=1S/2C8H14O2.Zn/c2*9-8(10)6-7-4-2-1-3-5-7;/h2*7H,1-6H2,(H,9,10);. The molecule has 2 aliphatic rings. The molecule has 0 heterocycles. The largest absolute Gasteiger partial charge is 0.481 e. The third-order valence-electron chi connectivity index (χ3n) is 4.38. The van der Waals surface area contributed by atoms with Crippen molar-refractivity contribution in [2.75, 3.05) is 0 Å². The minimum Gasteiger partial charge on any atom is -0.481 e. The fourth-order valence-corrected chi connectivity index (χ4v) is 3.28. The van der Waals surface area contributed by atoms with Gasteiger partial charge in [0.05, 0.1) is 0 Å². The summed E-state index contributed by atoms with van der Waals surface area (Å²) >= 11 is 0. The van der Waals surface area contributed by atoms with Gasteiger partial charge in [-0.2, -0.15) is 0 Å². The van der Waals surface area contributed by atoms with Crippen molar-refractivity contribution in [2.45, 2.75) is 77.0 Å². The summed E-state index contributed by atoms with van der Waals surface area (Å²) in [4.78, 5) is 20.5. The minimum absolute atomic E-state index is 0. The van der Waals surface area contributed by atoms with Gasteiger partial charge < -0.3 is 10.2 Å². The normalized spacial score (nSPS) is 19.8. The molecular weight excluding hydrogens is 322 g/mol. The van der Waals surface area contributed by atoms with Crippen LogP contribution < -0.4 is 0 Å². The van der Waals surface area contributed by atoms with Gasteiger partial charge in [-0.05, 0) is 37.5 Å². The van der Waals surface area contributed by atoms with Gasteiger partial charge in [0.1, 0.15) is 0 Å². The van der Waals surface area contributed by atoms with Crippen molar-refractivity contribution >= 4 is 11.9 Å². The van der Waals surface area contributed by atoms with Crippen LogP contribution in [0.15, 0.2) is 0 Å². The molecule has 0 aromatic heterocycles. The first-order chi connectivity index (χ1) is 9.58. The Bertz CT molecular complexity index is 265. The van der Waals surface area contributed by atoms with Gasteiger partial charge in [-0.15, -0.1) is 0 Å². The van der Waals surface area contributed by atoms with Gasteiger partial charge >= 0.3 is 11.9 Å². The summed E-state index contributed by atoms with van der Waals surface area (Å²) in [7, 11) is 0. The molecule has 0 bridgehead atoms. The topological polar surface area (TPSA) is 74.6 Å². The molecule has 0 aliphatic heterocycles. The molecule has 2 fully saturated rings. The number of hydrogen-bond donors (Lipinski definition) is 2. The number of carboxylic acids is 2. The summed E-state index contributed by atoms with van der Waals surface area (Å²) in [5.74, 6) is -0.309. The SMILES string of the molecule is O=C(O)CC1CCCCC1.O=C(O)CC1CCCCC1.[Zn]. The number of carboxylic acid groups (broad SMARTS) is 2. The molecule has 0 aromatic rings. The quantitative estimate of drug-likeness (QED) is 0.750. The number of carbonyl (C=O) groups is 2. The smallest absolute Gasteiger partial charge is 0.303 e. The number of rotatable bonds is 4. The van der Waals surface area contributed by atoms with Crippen LogP contribution in [0.3, 0.4) is 0 Å². The van der Waals surface area contributed by atoms with Crippen molar-refractivity contribution in [1.82, 2.24) is 0 Å². The van der Waals surface area contributed by atoms with E-state index in [9.17, 15) is 9.59 Å². The molecule has 2 aliphatic carbocycles. The first-order valence-corrected chi connectivity index (χ1v) is 8.01. The predicted octanol–water partition coefficient (Wildman–Crippen LogP) is 4.08. The first-order valence-electron chi connectivity index (χ1n) is 8.01. The Morgan fingerprint density at radius 2 is 0.952 bits per heavy atom. The molecule has 0 spiro atoms. The van der Waals surface area contributed by atoms with Crippen molar-refractivity contribution < 1.29 is 39.3 Å². The monoisotopic (exact) mass is 348 g/mol. The Morgan fingerprint density at radius 1 is 0.667 bits per heavy atom. The van der Waals surface area contributed by atoms with Crippen LogP contribution in [0.4, 0.5) is 0 Å². The van der Waals surface area contributed by atoms with Gasteiger partial charge in [0.15, 0.2) is 0 Å². The van der Waals surface area contributed by atoms with Gasteiger partial charge in [-0.3, -0.25) is 9.59 Å². The zero-order valence-corrected chi connectivity index (χ0v) is 16.0. The van der Waals surface area contributed by atoms with Gasteiger partial charge in [0.2, 0.25) is 0 Å². The Hall–Kier alpha value is -0.437. The Balaban J connectivity index is 0.000000364. The fourth-order valence-electron chi connectivity index (χ4n) is 3.28. The van der Waals surface area contributed by atoms with Crippen molar-refractivity contribution in [3.05, 3.63) is 0 Å². The van der Waals surface area contributed by atoms with E-state index in [0.29, 0.717) is 24.7 Å². The second-order valence-electron chi connectivity index (χ2n) is 6.20. The maximum absolute atomic E-state index is 10.3. The maximum atomic E-state index is 10.3. The van der Waals surface area contributed by atoms with Gasteiger partial charge in [-0.25, -0.2) is 0 Å². The van der Waals surface area contributed by atoms with Gasteiger partial charge in [0, 0.05) is 32.3 Å². The Morgan fingerprint density at radius 3 is 1.19 bits per heavy atom. The van der Waals surface area contributed by atoms with Crippen molar-refractivity contribution in [1.29, 1.82) is 0 Å². The zero-order valence-electron chi connectivity index (χ0n) is 13.1. The summed E-state index contributed by atoms with van der Waals surface area (Å²) in [6.45, 7) is 0. The van der Waals surface area contributed by atoms with Crippen LogP contribution in [0.5, 0.6) is 0 Å². The molecule has 4 nitrogen and oxygen atoms in total. The molecule has 0 unspecified atom stereocenters. The van der Waals surface area contributed by atoms with E-state index in [1.807, 2.05) is 0 Å². The molecule has 21 heavy (non-hydrogen) atoms. The molecule has 2 rings (SSSR count). The summed E-state index contributed by atoms with van der Waals surface area (Å²) < 4.78 is 0. The molecule has 118 valence electrons. The Kier molecular flexibility index (Phi) is 11.9. The third kappa shape index (κ3) is 10.9. The van der Waals surface area contributed by atoms with Crippen molar-refractivity contribution in [3.63, 3.8) is 0 Å². The summed E-state index contributed by atoms with van der Waals surface area (Å²) in [6, 6.07) is 0. The first kappa shape index (κ1) is 20.6. The molecule has 0 aromatic carbocycles. The molecule has 0 amide bonds. The van der Waals surface area contributed by atoms with Crippen LogP contribution in [-0.4, -0.2) is 22.2 Å². The van der Waals surface area contributed by atoms with Crippen molar-refractivity contribution in [3.8, 4) is 0 Å². The molecule has 0 atom stereocenters. The van der Waals surface area contributed by atoms with Crippen LogP contribution in [0, 0.1) is 11.8 Å². The zero-order chi connectivity index (χ0) is 14.8. The van der Waals surface area contributed by atoms with Crippen LogP contribution in [0.25, 0.3) is 0 Å². The molecular formula is C16H28O4Zn. The average Bonchev–Trinajstić information content (AvgIpc) is 2.40. The van der Waals surface area contributed by atoms with Crippen LogP contribution >= 0.6 is 0 Å². The molecule has 5 heteroatoms. The fraction of sp³-hybridized carbons (Fsp3) is 0.875. The van der Waals surface area contributed by atoms with Crippen molar-refractivity contribution in [2.24, 2.45) is 11.8 Å². The summed E-state index contributed by atoms with van der Waals surface area (Å²) in [6.07, 6.45) is 12.8. The van der Waals surface area contributed by atoms with Crippen LogP contribution in [-0.2, 0) is 29.1 Å². The van der Waals surface area contributed by atoms with Crippen LogP contribution in [0.2, 0.25) is 0 Å². The second kappa shape index (κ2) is 12.1. The third-order valence-corrected chi connectivity index (χ3v) is 4.38. The van der Waals surface area contributed by atoms with E-state index in [1.165, 1.54) is 38.5 Å². The number of hydrogen-bond acceptors (Lipinski definition) is 2. The average molecular weight is 350 g/mol. The van der Waals surface area contributed by atoms with E-state index in [1.54, 1.807) is 0 Å². The summed E-state index contributed by atoms with van der Waals surface area (Å²) in [5.41, 5.74) is 0. The second-order valence-corrected chi connectivity index (χ2v) is 6.20. The Labute approximate surface area is 140 Å². The van der Waals surface area contributed by atoms with E-state index < -0.39 is 11.9 Å². The van der Waals surface area contributed by atoms with E-state index >= 15 is 0 Å². The minimum atomic E-state index is -0.632. The molecule has 0 saturated heterocycles. The predicted molar refractivity (Wildman–Crippen MR) is 77.7 cm³/mol. The van der Waals surface area contributed by atoms with Gasteiger partial charge in [0.25, 0.3) is 0 Å². The maximum Gasteiger partial charge on any atom is 0.303 e. The van der Waals surface area contributed by atoms with Gasteiger partial charge in [-0.1, -0.05) is 38.5 Å². The van der Waals surface area contributed by atoms with E-state index in [-0.39, 0.29) is 19.5 Å².